The number of piperazine rings is 1. The molecule has 0 aliphatic carbocycles. The van der Waals surface area contributed by atoms with Gasteiger partial charge in [0.2, 0.25) is 0 Å². The predicted molar refractivity (Wildman–Crippen MR) is 82.0 cm³/mol. The highest BCUT2D eigenvalue weighted by molar-refractivity contribution is 5.81. The van der Waals surface area contributed by atoms with Crippen molar-refractivity contribution < 1.29 is 9.53 Å². The lowest BCUT2D eigenvalue weighted by atomic mass is 10.1. The van der Waals surface area contributed by atoms with Crippen molar-refractivity contribution in [2.45, 2.75) is 25.5 Å². The molecule has 0 radical (unpaired) electrons. The Labute approximate surface area is 131 Å². The summed E-state index contributed by atoms with van der Waals surface area (Å²) in [5.74, 6) is 0.148. The lowest BCUT2D eigenvalue weighted by Crippen LogP contribution is -2.51. The van der Waals surface area contributed by atoms with Gasteiger partial charge < -0.3 is 9.64 Å². The van der Waals surface area contributed by atoms with Crippen LogP contribution in [0.15, 0.2) is 24.3 Å². The molecule has 0 N–H and O–H groups in total. The molecule has 116 valence electrons. The molecule has 1 amide bonds. The molecule has 3 rings (SSSR count). The van der Waals surface area contributed by atoms with Crippen molar-refractivity contribution in [2.75, 3.05) is 32.8 Å². The fourth-order valence-electron chi connectivity index (χ4n) is 3.11. The fourth-order valence-corrected chi connectivity index (χ4v) is 3.11. The van der Waals surface area contributed by atoms with E-state index in [9.17, 15) is 4.79 Å². The van der Waals surface area contributed by atoms with E-state index in [1.54, 1.807) is 0 Å². The van der Waals surface area contributed by atoms with Gasteiger partial charge in [-0.05, 0) is 24.5 Å². The maximum absolute atomic E-state index is 12.3. The molecular formula is C17H21N3O2. The molecule has 2 aliphatic heterocycles. The van der Waals surface area contributed by atoms with Crippen LogP contribution in [-0.2, 0) is 16.1 Å². The largest absolute Gasteiger partial charge is 0.368 e. The van der Waals surface area contributed by atoms with Crippen LogP contribution in [-0.4, -0.2) is 54.6 Å². The van der Waals surface area contributed by atoms with Gasteiger partial charge in [-0.15, -0.1) is 0 Å². The summed E-state index contributed by atoms with van der Waals surface area (Å²) in [5, 5.41) is 9.15. The second-order valence-electron chi connectivity index (χ2n) is 5.87. The first-order chi connectivity index (χ1) is 10.8. The normalized spacial score (nSPS) is 22.5. The van der Waals surface area contributed by atoms with E-state index >= 15 is 0 Å². The minimum atomic E-state index is -0.217. The average molecular weight is 299 g/mol. The molecule has 2 aliphatic rings. The van der Waals surface area contributed by atoms with Crippen LogP contribution >= 0.6 is 0 Å². The summed E-state index contributed by atoms with van der Waals surface area (Å²) in [5.41, 5.74) is 1.80. The molecule has 0 saturated carbocycles. The molecule has 2 fully saturated rings. The monoisotopic (exact) mass is 299 g/mol. The minimum absolute atomic E-state index is 0.148. The Kier molecular flexibility index (Phi) is 4.71. The molecule has 2 heterocycles. The first kappa shape index (κ1) is 15.0. The van der Waals surface area contributed by atoms with Crippen LogP contribution in [0.4, 0.5) is 0 Å². The molecule has 0 bridgehead atoms. The van der Waals surface area contributed by atoms with Gasteiger partial charge in [0.15, 0.2) is 0 Å². The molecular weight excluding hydrogens is 278 g/mol. The van der Waals surface area contributed by atoms with Gasteiger partial charge in [-0.3, -0.25) is 9.69 Å². The van der Waals surface area contributed by atoms with E-state index in [1.807, 2.05) is 29.2 Å². The number of benzene rings is 1. The van der Waals surface area contributed by atoms with Crippen LogP contribution in [0.3, 0.4) is 0 Å². The van der Waals surface area contributed by atoms with E-state index < -0.39 is 0 Å². The van der Waals surface area contributed by atoms with Crippen LogP contribution in [0.2, 0.25) is 0 Å². The van der Waals surface area contributed by atoms with E-state index in [-0.39, 0.29) is 12.0 Å². The molecule has 1 aromatic carbocycles. The van der Waals surface area contributed by atoms with Gasteiger partial charge in [-0.1, -0.05) is 18.2 Å². The van der Waals surface area contributed by atoms with E-state index in [2.05, 4.69) is 11.0 Å². The van der Waals surface area contributed by atoms with Crippen molar-refractivity contribution in [3.63, 3.8) is 0 Å². The molecule has 1 atom stereocenters. The summed E-state index contributed by atoms with van der Waals surface area (Å²) in [6.07, 6.45) is 1.63. The number of rotatable bonds is 3. The Morgan fingerprint density at radius 3 is 2.73 bits per heavy atom. The van der Waals surface area contributed by atoms with Crippen LogP contribution in [0, 0.1) is 11.3 Å². The third-order valence-corrected chi connectivity index (χ3v) is 4.42. The average Bonchev–Trinajstić information content (AvgIpc) is 3.10. The van der Waals surface area contributed by atoms with Gasteiger partial charge in [-0.2, -0.15) is 5.26 Å². The Morgan fingerprint density at radius 1 is 1.27 bits per heavy atom. The quantitative estimate of drug-likeness (QED) is 0.846. The van der Waals surface area contributed by atoms with Crippen LogP contribution < -0.4 is 0 Å². The van der Waals surface area contributed by atoms with Gasteiger partial charge in [0, 0.05) is 39.3 Å². The van der Waals surface area contributed by atoms with Crippen LogP contribution in [0.25, 0.3) is 0 Å². The van der Waals surface area contributed by atoms with Gasteiger partial charge in [0.25, 0.3) is 5.91 Å². The van der Waals surface area contributed by atoms with Crippen molar-refractivity contribution in [3.8, 4) is 6.07 Å². The van der Waals surface area contributed by atoms with Crippen molar-refractivity contribution >= 4 is 5.91 Å². The zero-order chi connectivity index (χ0) is 15.4. The van der Waals surface area contributed by atoms with Crippen molar-refractivity contribution in [1.29, 1.82) is 5.26 Å². The molecule has 5 nitrogen and oxygen atoms in total. The zero-order valence-electron chi connectivity index (χ0n) is 12.7. The highest BCUT2D eigenvalue weighted by Crippen LogP contribution is 2.17. The van der Waals surface area contributed by atoms with Gasteiger partial charge in [0.1, 0.15) is 6.10 Å². The number of carbonyl (C=O) groups is 1. The summed E-state index contributed by atoms with van der Waals surface area (Å²) in [6, 6.07) is 9.95. The maximum atomic E-state index is 12.3. The number of carbonyl (C=O) groups excluding carboxylic acids is 1. The Bertz CT molecular complexity index is 568. The van der Waals surface area contributed by atoms with E-state index in [1.165, 1.54) is 0 Å². The van der Waals surface area contributed by atoms with Gasteiger partial charge in [-0.25, -0.2) is 0 Å². The standard InChI is InChI=1S/C17H21N3O2/c18-12-14-4-1-2-5-15(14)13-19-7-9-20(10-8-19)17(21)16-6-3-11-22-16/h1-2,4-5,16H,3,6-11,13H2. The number of nitrogens with zero attached hydrogens (tertiary/aromatic N) is 3. The maximum Gasteiger partial charge on any atom is 0.251 e. The fraction of sp³-hybridized carbons (Fsp3) is 0.529. The molecule has 1 unspecified atom stereocenters. The third-order valence-electron chi connectivity index (χ3n) is 4.42. The Hall–Kier alpha value is -1.90. The van der Waals surface area contributed by atoms with E-state index in [0.717, 1.165) is 56.7 Å². The van der Waals surface area contributed by atoms with E-state index in [4.69, 9.17) is 10.00 Å². The topological polar surface area (TPSA) is 56.6 Å². The van der Waals surface area contributed by atoms with Crippen molar-refractivity contribution in [2.24, 2.45) is 0 Å². The number of nitriles is 1. The number of ether oxygens (including phenoxy) is 1. The highest BCUT2D eigenvalue weighted by Gasteiger charge is 2.30. The summed E-state index contributed by atoms with van der Waals surface area (Å²) in [6.45, 7) is 4.66. The number of hydrogen-bond donors (Lipinski definition) is 0. The van der Waals surface area contributed by atoms with Crippen LogP contribution in [0.5, 0.6) is 0 Å². The lowest BCUT2D eigenvalue weighted by molar-refractivity contribution is -0.142. The minimum Gasteiger partial charge on any atom is -0.368 e. The molecule has 2 saturated heterocycles. The number of amides is 1. The van der Waals surface area contributed by atoms with Gasteiger partial charge in [0.05, 0.1) is 11.6 Å². The lowest BCUT2D eigenvalue weighted by Gasteiger charge is -2.35. The first-order valence-corrected chi connectivity index (χ1v) is 7.88. The smallest absolute Gasteiger partial charge is 0.251 e. The molecule has 22 heavy (non-hydrogen) atoms. The first-order valence-electron chi connectivity index (χ1n) is 7.88. The van der Waals surface area contributed by atoms with Gasteiger partial charge >= 0.3 is 0 Å². The molecule has 0 spiro atoms. The zero-order valence-corrected chi connectivity index (χ0v) is 12.7. The highest BCUT2D eigenvalue weighted by atomic mass is 16.5. The SMILES string of the molecule is N#Cc1ccccc1CN1CCN(C(=O)C2CCCO2)CC1. The third kappa shape index (κ3) is 3.29. The number of hydrogen-bond acceptors (Lipinski definition) is 4. The van der Waals surface area contributed by atoms with Crippen LogP contribution in [0.1, 0.15) is 24.0 Å². The summed E-state index contributed by atoms with van der Waals surface area (Å²) in [7, 11) is 0. The predicted octanol–water partition coefficient (Wildman–Crippen LogP) is 1.38. The van der Waals surface area contributed by atoms with Crippen molar-refractivity contribution in [1.82, 2.24) is 9.80 Å². The summed E-state index contributed by atoms with van der Waals surface area (Å²) in [4.78, 5) is 16.5. The Morgan fingerprint density at radius 2 is 2.05 bits per heavy atom. The molecule has 0 aromatic heterocycles. The molecule has 1 aromatic rings. The molecule has 5 heteroatoms. The summed E-state index contributed by atoms with van der Waals surface area (Å²) >= 11 is 0. The second-order valence-corrected chi connectivity index (χ2v) is 5.87. The van der Waals surface area contributed by atoms with E-state index in [0.29, 0.717) is 6.61 Å². The van der Waals surface area contributed by atoms with Crippen molar-refractivity contribution in [3.05, 3.63) is 35.4 Å². The second kappa shape index (κ2) is 6.91. The summed E-state index contributed by atoms with van der Waals surface area (Å²) < 4.78 is 5.48. The Balaban J connectivity index is 1.53.